The van der Waals surface area contributed by atoms with Gasteiger partial charge in [0.15, 0.2) is 0 Å². The molecule has 8 nitrogen and oxygen atoms in total. The smallest absolute Gasteiger partial charge is 0.318 e. The molecule has 0 spiro atoms. The number of nitrogens with one attached hydrogen (secondary N) is 3. The highest BCUT2D eigenvalue weighted by molar-refractivity contribution is 5.94. The highest BCUT2D eigenvalue weighted by Crippen LogP contribution is 2.30. The van der Waals surface area contributed by atoms with E-state index in [0.29, 0.717) is 13.1 Å². The van der Waals surface area contributed by atoms with Gasteiger partial charge in [0.2, 0.25) is 0 Å². The summed E-state index contributed by atoms with van der Waals surface area (Å²) in [5, 5.41) is 7.59. The van der Waals surface area contributed by atoms with Gasteiger partial charge in [0.05, 0.1) is 23.1 Å². The first-order valence-electron chi connectivity index (χ1n) is 11.2. The van der Waals surface area contributed by atoms with Gasteiger partial charge in [0.1, 0.15) is 11.5 Å². The molecule has 0 saturated heterocycles. The predicted octanol–water partition coefficient (Wildman–Crippen LogP) is 4.86. The number of fused-ring (bicyclic) bond motifs is 2. The van der Waals surface area contributed by atoms with Crippen LogP contribution in [0.5, 0.6) is 0 Å². The molecule has 4 aromatic heterocycles. The third kappa shape index (κ3) is 4.28. The second-order valence-corrected chi connectivity index (χ2v) is 9.55. The fraction of sp³-hybridized carbons (Fsp3) is 0.320. The SMILES string of the molecule is Cc1ncc2ccc(Nc3ccnc4[nH]c(C5=CCN(C(=O)NC(C)(C)C)CC5)cc34)cn12. The van der Waals surface area contributed by atoms with Gasteiger partial charge in [-0.3, -0.25) is 0 Å². The van der Waals surface area contributed by atoms with E-state index in [9.17, 15) is 4.79 Å². The number of hydrogen-bond acceptors (Lipinski definition) is 4. The number of carbonyl (C=O) groups excluding carboxylic acids is 1. The number of nitrogens with zero attached hydrogens (tertiary/aromatic N) is 4. The first-order valence-corrected chi connectivity index (χ1v) is 11.2. The lowest BCUT2D eigenvalue weighted by Gasteiger charge is -2.30. The number of pyridine rings is 2. The molecule has 4 aromatic rings. The van der Waals surface area contributed by atoms with E-state index < -0.39 is 0 Å². The molecular formula is C25H29N7O. The van der Waals surface area contributed by atoms with Crippen LogP contribution in [-0.4, -0.2) is 48.9 Å². The monoisotopic (exact) mass is 443 g/mol. The maximum Gasteiger partial charge on any atom is 0.318 e. The Bertz CT molecular complexity index is 1370. The van der Waals surface area contributed by atoms with Crippen LogP contribution in [0, 0.1) is 6.92 Å². The number of aromatic amines is 1. The van der Waals surface area contributed by atoms with E-state index in [2.05, 4.69) is 60.5 Å². The van der Waals surface area contributed by atoms with Crippen LogP contribution < -0.4 is 10.6 Å². The average Bonchev–Trinajstić information content (AvgIpc) is 3.37. The van der Waals surface area contributed by atoms with Gasteiger partial charge in [0, 0.05) is 42.1 Å². The van der Waals surface area contributed by atoms with Gasteiger partial charge in [-0.25, -0.2) is 14.8 Å². The van der Waals surface area contributed by atoms with Crippen LogP contribution in [0.2, 0.25) is 0 Å². The maximum atomic E-state index is 12.5. The number of hydrogen-bond donors (Lipinski definition) is 3. The summed E-state index contributed by atoms with van der Waals surface area (Å²) in [5.41, 5.74) is 5.88. The van der Waals surface area contributed by atoms with E-state index >= 15 is 0 Å². The quantitative estimate of drug-likeness (QED) is 0.422. The Hall–Kier alpha value is -3.81. The van der Waals surface area contributed by atoms with Gasteiger partial charge in [-0.15, -0.1) is 0 Å². The number of aromatic nitrogens is 4. The Morgan fingerprint density at radius 3 is 2.79 bits per heavy atom. The molecule has 0 radical (unpaired) electrons. The van der Waals surface area contributed by atoms with Crippen molar-refractivity contribution in [1.82, 2.24) is 29.6 Å². The van der Waals surface area contributed by atoms with Crippen molar-refractivity contribution in [2.75, 3.05) is 18.4 Å². The normalized spacial score (nSPS) is 14.5. The fourth-order valence-corrected chi connectivity index (χ4v) is 4.16. The van der Waals surface area contributed by atoms with Gasteiger partial charge in [-0.1, -0.05) is 6.08 Å². The number of imidazole rings is 1. The number of urea groups is 1. The Labute approximate surface area is 192 Å². The minimum absolute atomic E-state index is 0.0207. The fourth-order valence-electron chi connectivity index (χ4n) is 4.16. The Kier molecular flexibility index (Phi) is 5.08. The second-order valence-electron chi connectivity index (χ2n) is 9.55. The standard InChI is InChI=1S/C25H29N7O/c1-16-27-14-19-6-5-18(15-32(16)19)28-21-7-10-26-23-20(21)13-22(29-23)17-8-11-31(12-9-17)24(33)30-25(2,3)4/h5-8,10,13-15H,9,11-12H2,1-4H3,(H,30,33)(H2,26,28,29). The number of carbonyl (C=O) groups is 1. The summed E-state index contributed by atoms with van der Waals surface area (Å²) in [5.74, 6) is 0.951. The van der Waals surface area contributed by atoms with E-state index in [4.69, 9.17) is 0 Å². The summed E-state index contributed by atoms with van der Waals surface area (Å²) >= 11 is 0. The van der Waals surface area contributed by atoms with Crippen LogP contribution in [0.15, 0.2) is 48.9 Å². The molecule has 8 heteroatoms. The molecule has 0 bridgehead atoms. The van der Waals surface area contributed by atoms with Gasteiger partial charge in [-0.2, -0.15) is 0 Å². The molecule has 3 N–H and O–H groups in total. The summed E-state index contributed by atoms with van der Waals surface area (Å²) < 4.78 is 2.07. The zero-order chi connectivity index (χ0) is 23.2. The molecule has 1 aliphatic rings. The molecule has 170 valence electrons. The lowest BCUT2D eigenvalue weighted by atomic mass is 10.0. The van der Waals surface area contributed by atoms with Crippen molar-refractivity contribution in [2.24, 2.45) is 0 Å². The van der Waals surface area contributed by atoms with E-state index in [1.165, 1.54) is 5.57 Å². The first-order chi connectivity index (χ1) is 15.8. The number of amides is 2. The van der Waals surface area contributed by atoms with Gasteiger partial charge in [-0.05, 0) is 64.0 Å². The minimum Gasteiger partial charge on any atom is -0.354 e. The lowest BCUT2D eigenvalue weighted by Crippen LogP contribution is -2.49. The zero-order valence-electron chi connectivity index (χ0n) is 19.4. The Morgan fingerprint density at radius 2 is 2.03 bits per heavy atom. The van der Waals surface area contributed by atoms with Crippen LogP contribution in [0.3, 0.4) is 0 Å². The van der Waals surface area contributed by atoms with Crippen LogP contribution in [0.25, 0.3) is 22.1 Å². The highest BCUT2D eigenvalue weighted by atomic mass is 16.2. The van der Waals surface area contributed by atoms with Crippen molar-refractivity contribution >= 4 is 39.5 Å². The molecule has 5 rings (SSSR count). The molecular weight excluding hydrogens is 414 g/mol. The summed E-state index contributed by atoms with van der Waals surface area (Å²) in [6.07, 6.45) is 8.65. The average molecular weight is 444 g/mol. The van der Waals surface area contributed by atoms with E-state index in [0.717, 1.165) is 45.9 Å². The topological polar surface area (TPSA) is 90.3 Å². The van der Waals surface area contributed by atoms with E-state index in [1.54, 1.807) is 6.20 Å². The largest absolute Gasteiger partial charge is 0.354 e. The van der Waals surface area contributed by atoms with Crippen molar-refractivity contribution in [3.05, 3.63) is 60.5 Å². The molecule has 0 saturated carbocycles. The molecule has 0 aromatic carbocycles. The van der Waals surface area contributed by atoms with Crippen molar-refractivity contribution in [1.29, 1.82) is 0 Å². The summed E-state index contributed by atoms with van der Waals surface area (Å²) in [4.78, 5) is 26.6. The Morgan fingerprint density at radius 1 is 1.18 bits per heavy atom. The number of H-pyrrole nitrogens is 1. The van der Waals surface area contributed by atoms with Gasteiger partial charge < -0.3 is 24.9 Å². The van der Waals surface area contributed by atoms with Crippen molar-refractivity contribution < 1.29 is 4.79 Å². The van der Waals surface area contributed by atoms with Crippen LogP contribution in [0.1, 0.15) is 38.7 Å². The van der Waals surface area contributed by atoms with Crippen LogP contribution >= 0.6 is 0 Å². The Balaban J connectivity index is 1.37. The number of rotatable bonds is 3. The molecule has 2 amide bonds. The van der Waals surface area contributed by atoms with Gasteiger partial charge >= 0.3 is 6.03 Å². The third-order valence-electron chi connectivity index (χ3n) is 5.85. The minimum atomic E-state index is -0.242. The molecule has 1 aliphatic heterocycles. The summed E-state index contributed by atoms with van der Waals surface area (Å²) in [6.45, 7) is 9.25. The molecule has 5 heterocycles. The zero-order valence-corrected chi connectivity index (χ0v) is 19.4. The molecule has 0 fully saturated rings. The molecule has 0 aliphatic carbocycles. The maximum absolute atomic E-state index is 12.5. The van der Waals surface area contributed by atoms with Crippen molar-refractivity contribution in [2.45, 2.75) is 39.7 Å². The second kappa shape index (κ2) is 7.95. The summed E-state index contributed by atoms with van der Waals surface area (Å²) in [6, 6.07) is 8.21. The van der Waals surface area contributed by atoms with Crippen LogP contribution in [-0.2, 0) is 0 Å². The molecule has 33 heavy (non-hydrogen) atoms. The lowest BCUT2D eigenvalue weighted by molar-refractivity contribution is 0.193. The third-order valence-corrected chi connectivity index (χ3v) is 5.85. The van der Waals surface area contributed by atoms with E-state index in [1.807, 2.05) is 44.9 Å². The number of aryl methyl sites for hydroxylation is 1. The van der Waals surface area contributed by atoms with Crippen molar-refractivity contribution in [3.8, 4) is 0 Å². The summed E-state index contributed by atoms with van der Waals surface area (Å²) in [7, 11) is 0. The van der Waals surface area contributed by atoms with Gasteiger partial charge in [0.25, 0.3) is 0 Å². The van der Waals surface area contributed by atoms with Crippen molar-refractivity contribution in [3.63, 3.8) is 0 Å². The van der Waals surface area contributed by atoms with Crippen LogP contribution in [0.4, 0.5) is 16.2 Å². The first kappa shape index (κ1) is 21.1. The highest BCUT2D eigenvalue weighted by Gasteiger charge is 2.22. The molecule has 0 atom stereocenters. The number of anilines is 2. The molecule has 0 unspecified atom stereocenters. The predicted molar refractivity (Wildman–Crippen MR) is 132 cm³/mol. The van der Waals surface area contributed by atoms with E-state index in [-0.39, 0.29) is 11.6 Å².